The number of nitrogens with zero attached hydrogens (tertiary/aromatic N) is 5. The lowest BCUT2D eigenvalue weighted by Crippen LogP contribution is -2.43. The van der Waals surface area contributed by atoms with Gasteiger partial charge in [-0.25, -0.2) is 4.68 Å². The Bertz CT molecular complexity index is 568. The van der Waals surface area contributed by atoms with Crippen LogP contribution < -0.4 is 5.32 Å². The van der Waals surface area contributed by atoms with Crippen LogP contribution in [0.4, 0.5) is 0 Å². The molecule has 2 aromatic rings. The van der Waals surface area contributed by atoms with Crippen LogP contribution in [-0.4, -0.2) is 43.6 Å². The normalized spacial score (nSPS) is 15.6. The molecule has 1 fully saturated rings. The molecule has 0 spiro atoms. The van der Waals surface area contributed by atoms with Gasteiger partial charge in [0, 0.05) is 26.3 Å². The molecule has 3 rings (SSSR count). The molecule has 2 aromatic heterocycles. The van der Waals surface area contributed by atoms with Gasteiger partial charge in [-0.1, -0.05) is 5.21 Å². The number of Topliss-reactive ketones (excluding diaryl/α,β-unsaturated/α-hetero) is 1. The Kier molecular flexibility index (Phi) is 2.67. The van der Waals surface area contributed by atoms with Gasteiger partial charge in [-0.05, 0) is 6.07 Å². The molecule has 0 aromatic carbocycles. The third kappa shape index (κ3) is 2.04. The fraction of sp³-hybridized carbons (Fsp3) is 0.455. The van der Waals surface area contributed by atoms with E-state index in [2.05, 4.69) is 20.7 Å². The van der Waals surface area contributed by atoms with Gasteiger partial charge in [0.05, 0.1) is 24.4 Å². The van der Waals surface area contributed by atoms with Crippen molar-refractivity contribution in [1.29, 1.82) is 0 Å². The van der Waals surface area contributed by atoms with Crippen LogP contribution in [0, 0.1) is 0 Å². The quantitative estimate of drug-likeness (QED) is 0.741. The van der Waals surface area contributed by atoms with Crippen molar-refractivity contribution in [1.82, 2.24) is 30.1 Å². The van der Waals surface area contributed by atoms with Crippen molar-refractivity contribution in [2.24, 2.45) is 7.05 Å². The van der Waals surface area contributed by atoms with Crippen molar-refractivity contribution in [2.75, 3.05) is 13.1 Å². The SMILES string of the molecule is Cn1ccc(CC(=O)c2cn(C3CNC3)nn2)n1. The Morgan fingerprint density at radius 3 is 3.00 bits per heavy atom. The molecule has 0 aliphatic carbocycles. The smallest absolute Gasteiger partial charge is 0.190 e. The zero-order chi connectivity index (χ0) is 12.5. The Morgan fingerprint density at radius 2 is 2.39 bits per heavy atom. The maximum Gasteiger partial charge on any atom is 0.190 e. The van der Waals surface area contributed by atoms with Crippen LogP contribution in [0.2, 0.25) is 0 Å². The number of nitrogens with one attached hydrogen (secondary N) is 1. The van der Waals surface area contributed by atoms with E-state index in [-0.39, 0.29) is 12.2 Å². The zero-order valence-corrected chi connectivity index (χ0v) is 10.1. The highest BCUT2D eigenvalue weighted by molar-refractivity contribution is 5.95. The van der Waals surface area contributed by atoms with E-state index in [1.165, 1.54) is 0 Å². The lowest BCUT2D eigenvalue weighted by molar-refractivity contribution is 0.0987. The van der Waals surface area contributed by atoms with Crippen molar-refractivity contribution in [3.05, 3.63) is 29.8 Å². The first kappa shape index (κ1) is 11.1. The van der Waals surface area contributed by atoms with Gasteiger partial charge in [0.15, 0.2) is 5.78 Å². The largest absolute Gasteiger partial charge is 0.312 e. The van der Waals surface area contributed by atoms with Gasteiger partial charge in [-0.15, -0.1) is 5.10 Å². The van der Waals surface area contributed by atoms with Gasteiger partial charge in [-0.2, -0.15) is 5.10 Å². The fourth-order valence-electron chi connectivity index (χ4n) is 1.86. The molecule has 7 heteroatoms. The number of carbonyl (C=O) groups is 1. The number of carbonyl (C=O) groups excluding carboxylic acids is 1. The predicted octanol–water partition coefficient (Wildman–Crippen LogP) is -0.419. The molecule has 3 heterocycles. The molecule has 0 unspecified atom stereocenters. The molecule has 0 bridgehead atoms. The highest BCUT2D eigenvalue weighted by Crippen LogP contribution is 2.11. The summed E-state index contributed by atoms with van der Waals surface area (Å²) in [6.07, 6.45) is 3.80. The first-order chi connectivity index (χ1) is 8.72. The second-order valence-corrected chi connectivity index (χ2v) is 4.48. The number of aromatic nitrogens is 5. The average Bonchev–Trinajstić information content (AvgIpc) is 2.86. The molecule has 1 aliphatic heterocycles. The van der Waals surface area contributed by atoms with Crippen LogP contribution in [0.3, 0.4) is 0 Å². The van der Waals surface area contributed by atoms with Gasteiger partial charge >= 0.3 is 0 Å². The third-order valence-electron chi connectivity index (χ3n) is 3.04. The standard InChI is InChI=1S/C11H14N6O/c1-16-3-2-8(14-16)4-11(18)10-7-17(15-13-10)9-5-12-6-9/h2-3,7,9,12H,4-6H2,1H3. The van der Waals surface area contributed by atoms with E-state index < -0.39 is 0 Å². The van der Waals surface area contributed by atoms with E-state index in [0.29, 0.717) is 11.7 Å². The molecule has 0 saturated carbocycles. The Morgan fingerprint density at radius 1 is 1.56 bits per heavy atom. The minimum Gasteiger partial charge on any atom is -0.312 e. The number of hydrogen-bond donors (Lipinski definition) is 1. The topological polar surface area (TPSA) is 77.6 Å². The van der Waals surface area contributed by atoms with Gasteiger partial charge in [0.2, 0.25) is 0 Å². The van der Waals surface area contributed by atoms with E-state index in [1.807, 2.05) is 19.3 Å². The lowest BCUT2D eigenvalue weighted by Gasteiger charge is -2.26. The lowest BCUT2D eigenvalue weighted by atomic mass is 10.1. The summed E-state index contributed by atoms with van der Waals surface area (Å²) in [5.41, 5.74) is 1.16. The number of rotatable bonds is 4. The molecule has 18 heavy (non-hydrogen) atoms. The first-order valence-corrected chi connectivity index (χ1v) is 5.86. The van der Waals surface area contributed by atoms with Crippen LogP contribution in [-0.2, 0) is 13.5 Å². The summed E-state index contributed by atoms with van der Waals surface area (Å²) in [5.74, 6) is -0.0489. The second-order valence-electron chi connectivity index (χ2n) is 4.48. The van der Waals surface area contributed by atoms with Crippen LogP contribution in [0.1, 0.15) is 22.2 Å². The minimum absolute atomic E-state index is 0.0489. The summed E-state index contributed by atoms with van der Waals surface area (Å²) < 4.78 is 3.43. The summed E-state index contributed by atoms with van der Waals surface area (Å²) >= 11 is 0. The summed E-state index contributed by atoms with van der Waals surface area (Å²) in [6, 6.07) is 2.16. The van der Waals surface area contributed by atoms with Gasteiger partial charge in [0.25, 0.3) is 0 Å². The Labute approximate surface area is 104 Å². The average molecular weight is 246 g/mol. The van der Waals surface area contributed by atoms with Crippen molar-refractivity contribution in [3.8, 4) is 0 Å². The Balaban J connectivity index is 1.70. The van der Waals surface area contributed by atoms with Crippen LogP contribution >= 0.6 is 0 Å². The second kappa shape index (κ2) is 4.34. The Hall–Kier alpha value is -2.02. The highest BCUT2D eigenvalue weighted by atomic mass is 16.1. The maximum atomic E-state index is 12.0. The molecule has 1 N–H and O–H groups in total. The number of ketones is 1. The molecule has 0 radical (unpaired) electrons. The van der Waals surface area contributed by atoms with Crippen LogP contribution in [0.15, 0.2) is 18.5 Å². The molecule has 7 nitrogen and oxygen atoms in total. The molecular formula is C11H14N6O. The minimum atomic E-state index is -0.0489. The maximum absolute atomic E-state index is 12.0. The highest BCUT2D eigenvalue weighted by Gasteiger charge is 2.21. The van der Waals surface area contributed by atoms with E-state index >= 15 is 0 Å². The van der Waals surface area contributed by atoms with Crippen LogP contribution in [0.5, 0.6) is 0 Å². The van der Waals surface area contributed by atoms with E-state index in [1.54, 1.807) is 15.6 Å². The van der Waals surface area contributed by atoms with Crippen molar-refractivity contribution in [3.63, 3.8) is 0 Å². The van der Waals surface area contributed by atoms with Crippen LogP contribution in [0.25, 0.3) is 0 Å². The molecule has 0 atom stereocenters. The molecule has 94 valence electrons. The van der Waals surface area contributed by atoms with Crippen molar-refractivity contribution >= 4 is 5.78 Å². The zero-order valence-electron chi connectivity index (χ0n) is 10.1. The number of aryl methyl sites for hydroxylation is 1. The van der Waals surface area contributed by atoms with Gasteiger partial charge in [0.1, 0.15) is 5.69 Å². The monoisotopic (exact) mass is 246 g/mol. The number of hydrogen-bond acceptors (Lipinski definition) is 5. The van der Waals surface area contributed by atoms with E-state index in [0.717, 1.165) is 18.8 Å². The predicted molar refractivity (Wildman–Crippen MR) is 63.2 cm³/mol. The molecule has 0 amide bonds. The van der Waals surface area contributed by atoms with E-state index in [4.69, 9.17) is 0 Å². The molecule has 1 saturated heterocycles. The third-order valence-corrected chi connectivity index (χ3v) is 3.04. The summed E-state index contributed by atoms with van der Waals surface area (Å²) in [6.45, 7) is 1.77. The van der Waals surface area contributed by atoms with E-state index in [9.17, 15) is 4.79 Å². The van der Waals surface area contributed by atoms with Gasteiger partial charge in [-0.3, -0.25) is 9.48 Å². The molecule has 1 aliphatic rings. The first-order valence-electron chi connectivity index (χ1n) is 5.86. The summed E-state index contributed by atoms with van der Waals surface area (Å²) in [7, 11) is 1.83. The fourth-order valence-corrected chi connectivity index (χ4v) is 1.86. The molecular weight excluding hydrogens is 232 g/mol. The summed E-state index contributed by atoms with van der Waals surface area (Å²) in [5, 5.41) is 15.2. The van der Waals surface area contributed by atoms with Gasteiger partial charge < -0.3 is 5.32 Å². The summed E-state index contributed by atoms with van der Waals surface area (Å²) in [4.78, 5) is 12.0. The van der Waals surface area contributed by atoms with Crippen molar-refractivity contribution < 1.29 is 4.79 Å². The van der Waals surface area contributed by atoms with Crippen molar-refractivity contribution in [2.45, 2.75) is 12.5 Å².